The normalized spacial score (nSPS) is 11.0. The Bertz CT molecular complexity index is 1040. The van der Waals surface area contributed by atoms with Crippen molar-refractivity contribution in [2.75, 3.05) is 6.61 Å². The van der Waals surface area contributed by atoms with Gasteiger partial charge in [-0.3, -0.25) is 0 Å². The van der Waals surface area contributed by atoms with Crippen molar-refractivity contribution in [1.29, 1.82) is 0 Å². The monoisotopic (exact) mass is 460 g/mol. The van der Waals surface area contributed by atoms with Gasteiger partial charge in [-0.15, -0.1) is 0 Å². The van der Waals surface area contributed by atoms with Crippen LogP contribution in [0.2, 0.25) is 15.1 Å². The number of hydrogen-bond acceptors (Lipinski definition) is 4. The van der Waals surface area contributed by atoms with Crippen LogP contribution in [-0.4, -0.2) is 22.4 Å². The van der Waals surface area contributed by atoms with Crippen molar-refractivity contribution < 1.29 is 23.0 Å². The molecule has 3 aromatic rings. The second-order valence-electron chi connectivity index (χ2n) is 5.65. The second kappa shape index (κ2) is 8.98. The Balaban J connectivity index is 2.23. The summed E-state index contributed by atoms with van der Waals surface area (Å²) in [7, 11) is 0. The lowest BCUT2D eigenvalue weighted by Gasteiger charge is -2.12. The van der Waals surface area contributed by atoms with E-state index in [-0.39, 0.29) is 28.9 Å². The highest BCUT2D eigenvalue weighted by Crippen LogP contribution is 2.39. The summed E-state index contributed by atoms with van der Waals surface area (Å²) >= 11 is 18.0. The number of nitrogens with zero attached hydrogens (tertiary/aromatic N) is 2. The largest absolute Gasteiger partial charge is 0.461 e. The van der Waals surface area contributed by atoms with E-state index in [2.05, 4.69) is 5.10 Å². The van der Waals surface area contributed by atoms with Gasteiger partial charge in [0, 0.05) is 10.0 Å². The zero-order valence-corrected chi connectivity index (χ0v) is 17.1. The fourth-order valence-electron chi connectivity index (χ4n) is 2.49. The van der Waals surface area contributed by atoms with Gasteiger partial charge in [-0.2, -0.15) is 9.78 Å². The van der Waals surface area contributed by atoms with E-state index in [0.717, 1.165) is 4.68 Å². The first-order valence-electron chi connectivity index (χ1n) is 8.28. The van der Waals surface area contributed by atoms with E-state index in [0.29, 0.717) is 10.0 Å². The fourth-order valence-corrected chi connectivity index (χ4v) is 3.10. The predicted molar refractivity (Wildman–Crippen MR) is 106 cm³/mol. The third-order valence-electron chi connectivity index (χ3n) is 3.73. The molecule has 0 bridgehead atoms. The van der Waals surface area contributed by atoms with Gasteiger partial charge in [0.15, 0.2) is 5.69 Å². The van der Waals surface area contributed by atoms with Crippen molar-refractivity contribution in [2.24, 2.45) is 0 Å². The van der Waals surface area contributed by atoms with Gasteiger partial charge < -0.3 is 9.47 Å². The van der Waals surface area contributed by atoms with E-state index in [4.69, 9.17) is 44.3 Å². The number of carbonyl (C=O) groups excluding carboxylic acids is 1. The molecule has 29 heavy (non-hydrogen) atoms. The quantitative estimate of drug-likeness (QED) is 0.382. The third kappa shape index (κ3) is 4.63. The molecular formula is C19H13Cl3F2N2O3. The van der Waals surface area contributed by atoms with Gasteiger partial charge in [-0.25, -0.2) is 13.6 Å². The van der Waals surface area contributed by atoms with Crippen LogP contribution < -0.4 is 4.74 Å². The molecule has 0 aliphatic rings. The Kier molecular flexibility index (Phi) is 6.62. The Morgan fingerprint density at radius 3 is 2.34 bits per heavy atom. The molecule has 0 fully saturated rings. The summed E-state index contributed by atoms with van der Waals surface area (Å²) in [6, 6.07) is 10.4. The van der Waals surface area contributed by atoms with Crippen molar-refractivity contribution in [1.82, 2.24) is 9.78 Å². The Labute approximate surface area is 179 Å². The van der Waals surface area contributed by atoms with E-state index < -0.39 is 23.7 Å². The first kappa shape index (κ1) is 21.4. The summed E-state index contributed by atoms with van der Waals surface area (Å²) in [6.45, 7) is 1.54. The van der Waals surface area contributed by atoms with E-state index in [1.807, 2.05) is 0 Å². The molecule has 0 aliphatic heterocycles. The maximum absolute atomic E-state index is 13.9. The molecule has 0 spiro atoms. The maximum Gasteiger partial charge on any atom is 0.359 e. The topological polar surface area (TPSA) is 53.3 Å². The molecule has 0 atom stereocenters. The molecule has 2 aromatic carbocycles. The lowest BCUT2D eigenvalue weighted by Crippen LogP contribution is -2.09. The average Bonchev–Trinajstić information content (AvgIpc) is 3.03. The fraction of sp³-hybridized carbons (Fsp3) is 0.158. The van der Waals surface area contributed by atoms with Crippen LogP contribution in [0, 0.1) is 0 Å². The molecule has 0 amide bonds. The highest BCUT2D eigenvalue weighted by atomic mass is 35.5. The van der Waals surface area contributed by atoms with Gasteiger partial charge in [0.2, 0.25) is 5.88 Å². The summed E-state index contributed by atoms with van der Waals surface area (Å²) in [5.74, 6) is -1.18. The minimum absolute atomic E-state index is 0.0105. The van der Waals surface area contributed by atoms with Crippen molar-refractivity contribution in [3.05, 3.63) is 68.8 Å². The van der Waals surface area contributed by atoms with Crippen LogP contribution in [0.1, 0.15) is 29.4 Å². The highest BCUT2D eigenvalue weighted by Gasteiger charge is 2.32. The van der Waals surface area contributed by atoms with Gasteiger partial charge in [0.1, 0.15) is 11.3 Å². The first-order chi connectivity index (χ1) is 13.8. The molecule has 10 heteroatoms. The smallest absolute Gasteiger partial charge is 0.359 e. The summed E-state index contributed by atoms with van der Waals surface area (Å²) in [5.41, 5.74) is -1.10. The summed E-state index contributed by atoms with van der Waals surface area (Å²) in [6.07, 6.45) is -3.07. The lowest BCUT2D eigenvalue weighted by atomic mass is 10.2. The number of rotatable bonds is 6. The minimum atomic E-state index is -3.07. The molecule has 0 N–H and O–H groups in total. The van der Waals surface area contributed by atoms with Gasteiger partial charge in [-0.05, 0) is 49.4 Å². The number of benzene rings is 2. The Morgan fingerprint density at radius 1 is 1.10 bits per heavy atom. The maximum atomic E-state index is 13.9. The number of alkyl halides is 2. The SMILES string of the molecule is CCOC(=O)c1nn(-c2ccc(Cl)cc2Cl)c(Oc2ccc(Cl)cc2)c1C(F)F. The van der Waals surface area contributed by atoms with Gasteiger partial charge in [-0.1, -0.05) is 34.8 Å². The molecule has 5 nitrogen and oxygen atoms in total. The minimum Gasteiger partial charge on any atom is -0.461 e. The molecule has 0 radical (unpaired) electrons. The predicted octanol–water partition coefficient (Wildman–Crippen LogP) is 6.74. The zero-order valence-electron chi connectivity index (χ0n) is 14.8. The van der Waals surface area contributed by atoms with Crippen molar-refractivity contribution >= 4 is 40.8 Å². The van der Waals surface area contributed by atoms with Crippen LogP contribution in [0.4, 0.5) is 8.78 Å². The number of hydrogen-bond donors (Lipinski definition) is 0. The van der Waals surface area contributed by atoms with Crippen molar-refractivity contribution in [3.63, 3.8) is 0 Å². The van der Waals surface area contributed by atoms with E-state index >= 15 is 0 Å². The summed E-state index contributed by atoms with van der Waals surface area (Å²) in [4.78, 5) is 12.2. The van der Waals surface area contributed by atoms with Gasteiger partial charge in [0.25, 0.3) is 6.43 Å². The first-order valence-corrected chi connectivity index (χ1v) is 9.42. The van der Waals surface area contributed by atoms with Crippen LogP contribution in [0.3, 0.4) is 0 Å². The standard InChI is InChI=1S/C19H13Cl3F2N2O3/c1-2-28-19(27)16-15(17(23)24)18(29-12-6-3-10(20)4-7-12)26(25-16)14-8-5-11(21)9-13(14)22/h3-9,17H,2H2,1H3. The van der Waals surface area contributed by atoms with Crippen LogP contribution in [-0.2, 0) is 4.74 Å². The van der Waals surface area contributed by atoms with Crippen LogP contribution in [0.25, 0.3) is 5.69 Å². The zero-order chi connectivity index (χ0) is 21.1. The van der Waals surface area contributed by atoms with E-state index in [9.17, 15) is 13.6 Å². The van der Waals surface area contributed by atoms with E-state index in [1.165, 1.54) is 42.5 Å². The lowest BCUT2D eigenvalue weighted by molar-refractivity contribution is 0.0508. The van der Waals surface area contributed by atoms with Crippen LogP contribution in [0.15, 0.2) is 42.5 Å². The summed E-state index contributed by atoms with van der Waals surface area (Å²) in [5, 5.41) is 4.91. The van der Waals surface area contributed by atoms with Crippen LogP contribution in [0.5, 0.6) is 11.6 Å². The molecule has 0 saturated heterocycles. The number of halogens is 5. The second-order valence-corrected chi connectivity index (χ2v) is 6.93. The molecule has 0 aliphatic carbocycles. The molecule has 152 valence electrons. The highest BCUT2D eigenvalue weighted by molar-refractivity contribution is 6.35. The van der Waals surface area contributed by atoms with E-state index in [1.54, 1.807) is 6.92 Å². The number of ether oxygens (including phenoxy) is 2. The van der Waals surface area contributed by atoms with Crippen molar-refractivity contribution in [2.45, 2.75) is 13.3 Å². The van der Waals surface area contributed by atoms with Gasteiger partial charge in [0.05, 0.1) is 17.3 Å². The summed E-state index contributed by atoms with van der Waals surface area (Å²) < 4.78 is 39.4. The molecule has 0 saturated carbocycles. The Morgan fingerprint density at radius 2 is 1.76 bits per heavy atom. The molecular weight excluding hydrogens is 449 g/mol. The third-order valence-corrected chi connectivity index (χ3v) is 4.52. The number of aromatic nitrogens is 2. The van der Waals surface area contributed by atoms with Crippen molar-refractivity contribution in [3.8, 4) is 17.3 Å². The van der Waals surface area contributed by atoms with Gasteiger partial charge >= 0.3 is 5.97 Å². The number of carbonyl (C=O) groups is 1. The van der Waals surface area contributed by atoms with Crippen LogP contribution >= 0.6 is 34.8 Å². The average molecular weight is 462 g/mol. The molecule has 0 unspecified atom stereocenters. The Hall–Kier alpha value is -2.35. The molecule has 1 aromatic heterocycles. The number of esters is 1. The molecule has 1 heterocycles. The molecule has 3 rings (SSSR count).